The van der Waals surface area contributed by atoms with E-state index in [4.69, 9.17) is 4.74 Å². The van der Waals surface area contributed by atoms with Crippen LogP contribution in [0.5, 0.6) is 0 Å². The lowest BCUT2D eigenvalue weighted by molar-refractivity contribution is -0.120. The summed E-state index contributed by atoms with van der Waals surface area (Å²) in [6.45, 7) is 1.64. The summed E-state index contributed by atoms with van der Waals surface area (Å²) in [6.07, 6.45) is 7.91. The first kappa shape index (κ1) is 9.64. The third-order valence-corrected chi connectivity index (χ3v) is 4.80. The van der Waals surface area contributed by atoms with Gasteiger partial charge in [-0.05, 0) is 25.7 Å². The molecule has 1 amide bonds. The first-order chi connectivity index (χ1) is 7.27. The molecule has 0 unspecified atom stereocenters. The molecule has 1 saturated carbocycles. The summed E-state index contributed by atoms with van der Waals surface area (Å²) in [5, 5.41) is 3.28. The first-order valence-corrected chi connectivity index (χ1v) is 6.15. The van der Waals surface area contributed by atoms with E-state index in [1.807, 2.05) is 0 Å². The number of ether oxygens (including phenoxy) is 1. The van der Waals surface area contributed by atoms with Gasteiger partial charge in [0, 0.05) is 25.0 Å². The Bertz CT molecular complexity index is 275. The summed E-state index contributed by atoms with van der Waals surface area (Å²) in [6, 6.07) is 0. The quantitative estimate of drug-likeness (QED) is 0.658. The van der Waals surface area contributed by atoms with Gasteiger partial charge in [-0.3, -0.25) is 4.79 Å². The van der Waals surface area contributed by atoms with Gasteiger partial charge >= 0.3 is 0 Å². The number of carbonyl (C=O) groups is 1. The van der Waals surface area contributed by atoms with Crippen molar-refractivity contribution in [3.63, 3.8) is 0 Å². The minimum atomic E-state index is 0.0961. The van der Waals surface area contributed by atoms with Crippen LogP contribution in [0.15, 0.2) is 0 Å². The van der Waals surface area contributed by atoms with E-state index < -0.39 is 0 Å². The molecule has 84 valence electrons. The van der Waals surface area contributed by atoms with Crippen molar-refractivity contribution in [3.05, 3.63) is 0 Å². The molecule has 1 N–H and O–H groups in total. The number of nitrogens with one attached hydrogen (secondary N) is 1. The van der Waals surface area contributed by atoms with Crippen molar-refractivity contribution in [2.45, 2.75) is 50.5 Å². The summed E-state index contributed by atoms with van der Waals surface area (Å²) < 4.78 is 5.44. The lowest BCUT2D eigenvalue weighted by Crippen LogP contribution is -2.54. The van der Waals surface area contributed by atoms with Crippen molar-refractivity contribution in [1.29, 1.82) is 0 Å². The Labute approximate surface area is 90.6 Å². The van der Waals surface area contributed by atoms with Gasteiger partial charge in [0.2, 0.25) is 5.91 Å². The zero-order valence-corrected chi connectivity index (χ0v) is 9.18. The highest BCUT2D eigenvalue weighted by Crippen LogP contribution is 2.55. The molecular weight excluding hydrogens is 190 g/mol. The second-order valence-electron chi connectivity index (χ2n) is 5.41. The molecule has 0 radical (unpaired) electrons. The number of hydrogen-bond acceptors (Lipinski definition) is 2. The van der Waals surface area contributed by atoms with Gasteiger partial charge < -0.3 is 10.1 Å². The fourth-order valence-electron chi connectivity index (χ4n) is 4.00. The zero-order chi connectivity index (χ0) is 10.4. The fourth-order valence-corrected chi connectivity index (χ4v) is 4.00. The van der Waals surface area contributed by atoms with E-state index in [1.165, 1.54) is 25.7 Å². The fraction of sp³-hybridized carbons (Fsp3) is 0.917. The number of rotatable bonds is 0. The molecule has 2 saturated heterocycles. The van der Waals surface area contributed by atoms with Crippen LogP contribution >= 0.6 is 0 Å². The second-order valence-corrected chi connectivity index (χ2v) is 5.41. The van der Waals surface area contributed by atoms with Crippen LogP contribution in [0, 0.1) is 5.41 Å². The monoisotopic (exact) mass is 209 g/mol. The van der Waals surface area contributed by atoms with Gasteiger partial charge in [0.15, 0.2) is 0 Å². The maximum atomic E-state index is 11.7. The Kier molecular flexibility index (Phi) is 2.06. The molecule has 0 aromatic heterocycles. The highest BCUT2D eigenvalue weighted by atomic mass is 16.5. The normalized spacial score (nSPS) is 32.4. The SMILES string of the molecule is O=C1CC2(CCCC2)C2(CCOCC2)N1. The average Bonchev–Trinajstić information content (AvgIpc) is 2.77. The Morgan fingerprint density at radius 2 is 1.73 bits per heavy atom. The van der Waals surface area contributed by atoms with Crippen molar-refractivity contribution in [1.82, 2.24) is 5.32 Å². The molecule has 0 bridgehead atoms. The Hall–Kier alpha value is -0.570. The minimum Gasteiger partial charge on any atom is -0.381 e. The van der Waals surface area contributed by atoms with Crippen molar-refractivity contribution in [2.75, 3.05) is 13.2 Å². The molecular formula is C12H19NO2. The molecule has 15 heavy (non-hydrogen) atoms. The molecule has 2 aliphatic heterocycles. The maximum absolute atomic E-state index is 11.7. The first-order valence-electron chi connectivity index (χ1n) is 6.15. The lowest BCUT2D eigenvalue weighted by Gasteiger charge is -2.45. The van der Waals surface area contributed by atoms with Gasteiger partial charge in [-0.2, -0.15) is 0 Å². The number of hydrogen-bond donors (Lipinski definition) is 1. The molecule has 0 aromatic rings. The summed E-state index contributed by atoms with van der Waals surface area (Å²) >= 11 is 0. The van der Waals surface area contributed by atoms with E-state index in [9.17, 15) is 4.79 Å². The predicted molar refractivity (Wildman–Crippen MR) is 56.4 cm³/mol. The summed E-state index contributed by atoms with van der Waals surface area (Å²) in [4.78, 5) is 11.7. The van der Waals surface area contributed by atoms with Crippen LogP contribution in [0.25, 0.3) is 0 Å². The molecule has 2 spiro atoms. The van der Waals surface area contributed by atoms with Crippen LogP contribution < -0.4 is 5.32 Å². The molecule has 3 nitrogen and oxygen atoms in total. The molecule has 3 fully saturated rings. The topological polar surface area (TPSA) is 38.3 Å². The van der Waals surface area contributed by atoms with E-state index >= 15 is 0 Å². The highest BCUT2D eigenvalue weighted by molar-refractivity contribution is 5.81. The van der Waals surface area contributed by atoms with Crippen LogP contribution in [0.3, 0.4) is 0 Å². The third-order valence-electron chi connectivity index (χ3n) is 4.80. The van der Waals surface area contributed by atoms with Gasteiger partial charge in [-0.15, -0.1) is 0 Å². The summed E-state index contributed by atoms with van der Waals surface area (Å²) in [5.41, 5.74) is 0.382. The van der Waals surface area contributed by atoms with Gasteiger partial charge in [0.1, 0.15) is 0 Å². The number of fused-ring (bicyclic) bond motifs is 1. The summed E-state index contributed by atoms with van der Waals surface area (Å²) in [5.74, 6) is 0.277. The standard InChI is InChI=1S/C12H19NO2/c14-10-9-11(3-1-2-4-11)12(13-10)5-7-15-8-6-12/h1-9H2,(H,13,14). The smallest absolute Gasteiger partial charge is 0.221 e. The average molecular weight is 209 g/mol. The maximum Gasteiger partial charge on any atom is 0.221 e. The highest BCUT2D eigenvalue weighted by Gasteiger charge is 2.58. The molecule has 0 atom stereocenters. The number of amides is 1. The molecule has 3 rings (SSSR count). The van der Waals surface area contributed by atoms with Gasteiger partial charge in [0.05, 0.1) is 5.54 Å². The van der Waals surface area contributed by atoms with Crippen LogP contribution in [0.1, 0.15) is 44.9 Å². The van der Waals surface area contributed by atoms with Crippen molar-refractivity contribution in [3.8, 4) is 0 Å². The van der Waals surface area contributed by atoms with E-state index in [0.29, 0.717) is 0 Å². The van der Waals surface area contributed by atoms with Crippen LogP contribution in [-0.4, -0.2) is 24.7 Å². The molecule has 1 aliphatic carbocycles. The molecule has 3 heteroatoms. The second kappa shape index (κ2) is 3.21. The largest absolute Gasteiger partial charge is 0.381 e. The molecule has 0 aromatic carbocycles. The van der Waals surface area contributed by atoms with E-state index in [1.54, 1.807) is 0 Å². The molecule has 2 heterocycles. The van der Waals surface area contributed by atoms with Crippen LogP contribution in [0.2, 0.25) is 0 Å². The lowest BCUT2D eigenvalue weighted by atomic mass is 9.65. The van der Waals surface area contributed by atoms with Crippen molar-refractivity contribution in [2.24, 2.45) is 5.41 Å². The van der Waals surface area contributed by atoms with Gasteiger partial charge in [0.25, 0.3) is 0 Å². The van der Waals surface area contributed by atoms with E-state index in [-0.39, 0.29) is 16.9 Å². The minimum absolute atomic E-state index is 0.0961. The third kappa shape index (κ3) is 1.25. The van der Waals surface area contributed by atoms with Crippen molar-refractivity contribution >= 4 is 5.91 Å². The van der Waals surface area contributed by atoms with Crippen LogP contribution in [0.4, 0.5) is 0 Å². The van der Waals surface area contributed by atoms with Crippen LogP contribution in [-0.2, 0) is 9.53 Å². The predicted octanol–water partition coefficient (Wildman–Crippen LogP) is 1.62. The van der Waals surface area contributed by atoms with Gasteiger partial charge in [-0.1, -0.05) is 12.8 Å². The Balaban J connectivity index is 1.93. The van der Waals surface area contributed by atoms with Gasteiger partial charge in [-0.25, -0.2) is 0 Å². The Morgan fingerprint density at radius 3 is 2.40 bits per heavy atom. The molecule has 3 aliphatic rings. The number of carbonyl (C=O) groups excluding carboxylic acids is 1. The van der Waals surface area contributed by atoms with E-state index in [2.05, 4.69) is 5.32 Å². The Morgan fingerprint density at radius 1 is 1.07 bits per heavy atom. The zero-order valence-electron chi connectivity index (χ0n) is 9.18. The van der Waals surface area contributed by atoms with Crippen molar-refractivity contribution < 1.29 is 9.53 Å². The summed E-state index contributed by atoms with van der Waals surface area (Å²) in [7, 11) is 0. The van der Waals surface area contributed by atoms with E-state index in [0.717, 1.165) is 32.5 Å².